The molecule has 0 saturated carbocycles. The molecule has 0 spiro atoms. The highest BCUT2D eigenvalue weighted by Gasteiger charge is 2.23. The molecule has 0 unspecified atom stereocenters. The van der Waals surface area contributed by atoms with Crippen molar-refractivity contribution in [2.75, 3.05) is 12.4 Å². The van der Waals surface area contributed by atoms with Crippen molar-refractivity contribution in [3.63, 3.8) is 0 Å². The highest BCUT2D eigenvalue weighted by molar-refractivity contribution is 6.02. The summed E-state index contributed by atoms with van der Waals surface area (Å²) in [7, 11) is 1.55. The van der Waals surface area contributed by atoms with E-state index < -0.39 is 17.0 Å². The summed E-state index contributed by atoms with van der Waals surface area (Å²) in [5.41, 5.74) is 2.26. The number of Topliss-reactive ketones (excluding diaryl/α,β-unsaturated/α-hetero) is 1. The van der Waals surface area contributed by atoms with Gasteiger partial charge in [-0.1, -0.05) is 17.7 Å². The molecule has 0 bridgehead atoms. The van der Waals surface area contributed by atoms with Gasteiger partial charge in [0.15, 0.2) is 6.10 Å². The van der Waals surface area contributed by atoms with Gasteiger partial charge in [0.2, 0.25) is 5.78 Å². The van der Waals surface area contributed by atoms with E-state index in [0.717, 1.165) is 17.2 Å². The number of aryl methyl sites for hydroxylation is 2. The van der Waals surface area contributed by atoms with E-state index in [1.54, 1.807) is 20.0 Å². The third-order valence-corrected chi connectivity index (χ3v) is 4.01. The number of benzene rings is 2. The van der Waals surface area contributed by atoms with Crippen LogP contribution in [0.4, 0.5) is 11.4 Å². The van der Waals surface area contributed by atoms with Crippen molar-refractivity contribution in [3.8, 4) is 0 Å². The van der Waals surface area contributed by atoms with Gasteiger partial charge in [-0.2, -0.15) is 0 Å². The summed E-state index contributed by atoms with van der Waals surface area (Å²) in [4.78, 5) is 35.4. The Bertz CT molecular complexity index is 876. The van der Waals surface area contributed by atoms with E-state index in [1.807, 2.05) is 19.1 Å². The molecule has 0 heterocycles. The van der Waals surface area contributed by atoms with Crippen molar-refractivity contribution < 1.29 is 19.2 Å². The van der Waals surface area contributed by atoms with Gasteiger partial charge in [-0.15, -0.1) is 0 Å². The highest BCUT2D eigenvalue weighted by atomic mass is 16.6. The number of nitro benzene ring substituents is 1. The second kappa shape index (κ2) is 7.77. The third-order valence-electron chi connectivity index (χ3n) is 4.01. The Balaban J connectivity index is 2.21. The number of nitrogens with one attached hydrogen (secondary N) is 1. The van der Waals surface area contributed by atoms with Crippen LogP contribution in [0.5, 0.6) is 0 Å². The summed E-state index contributed by atoms with van der Waals surface area (Å²) < 4.78 is 5.22. The van der Waals surface area contributed by atoms with Gasteiger partial charge in [-0.25, -0.2) is 4.79 Å². The van der Waals surface area contributed by atoms with E-state index in [4.69, 9.17) is 4.74 Å². The number of ether oxygens (including phenoxy) is 1. The molecule has 1 atom stereocenters. The van der Waals surface area contributed by atoms with E-state index in [0.29, 0.717) is 5.56 Å². The Labute approximate surface area is 151 Å². The number of nitrogens with zero attached hydrogens (tertiary/aromatic N) is 1. The summed E-state index contributed by atoms with van der Waals surface area (Å²) in [5.74, 6) is -1.11. The summed E-state index contributed by atoms with van der Waals surface area (Å²) in [6, 6.07) is 9.43. The molecule has 136 valence electrons. The van der Waals surface area contributed by atoms with Crippen molar-refractivity contribution >= 4 is 23.1 Å². The molecular formula is C19H20N2O5. The maximum absolute atomic E-state index is 12.6. The lowest BCUT2D eigenvalue weighted by Gasteiger charge is -2.14. The number of carbonyl (C=O) groups is 2. The predicted octanol–water partition coefficient (Wildman–Crippen LogP) is 3.68. The zero-order valence-corrected chi connectivity index (χ0v) is 15.0. The molecule has 0 saturated heterocycles. The van der Waals surface area contributed by atoms with Crippen molar-refractivity contribution in [1.82, 2.24) is 0 Å². The van der Waals surface area contributed by atoms with Crippen molar-refractivity contribution in [3.05, 3.63) is 68.8 Å². The Hall–Kier alpha value is -3.22. The van der Waals surface area contributed by atoms with Crippen LogP contribution in [0.15, 0.2) is 36.4 Å². The van der Waals surface area contributed by atoms with Crippen LogP contribution in [-0.2, 0) is 4.74 Å². The summed E-state index contributed by atoms with van der Waals surface area (Å²) in [6.07, 6.45) is -1.01. The van der Waals surface area contributed by atoms with Crippen LogP contribution < -0.4 is 5.32 Å². The molecule has 7 heteroatoms. The molecule has 0 amide bonds. The number of carbonyl (C=O) groups excluding carboxylic acids is 2. The van der Waals surface area contributed by atoms with Gasteiger partial charge in [0.25, 0.3) is 5.69 Å². The van der Waals surface area contributed by atoms with Crippen LogP contribution >= 0.6 is 0 Å². The summed E-state index contributed by atoms with van der Waals surface area (Å²) in [6.45, 7) is 5.16. The van der Waals surface area contributed by atoms with Gasteiger partial charge in [0, 0.05) is 18.7 Å². The van der Waals surface area contributed by atoms with Gasteiger partial charge in [-0.05, 0) is 44.5 Å². The van der Waals surface area contributed by atoms with Crippen LogP contribution in [0, 0.1) is 24.0 Å². The van der Waals surface area contributed by atoms with Crippen molar-refractivity contribution in [2.45, 2.75) is 26.9 Å². The minimum Gasteiger partial charge on any atom is -0.451 e. The molecule has 0 aliphatic heterocycles. The molecule has 2 aromatic carbocycles. The van der Waals surface area contributed by atoms with E-state index in [2.05, 4.69) is 5.32 Å². The molecule has 0 aromatic heterocycles. The minimum atomic E-state index is -1.01. The van der Waals surface area contributed by atoms with Crippen molar-refractivity contribution in [2.24, 2.45) is 0 Å². The smallest absolute Gasteiger partial charge is 0.339 e. The molecular weight excluding hydrogens is 336 g/mol. The Kier molecular flexibility index (Phi) is 5.71. The highest BCUT2D eigenvalue weighted by Crippen LogP contribution is 2.25. The topological polar surface area (TPSA) is 98.5 Å². The minimum absolute atomic E-state index is 0.0105. The average Bonchev–Trinajstić information content (AvgIpc) is 2.62. The van der Waals surface area contributed by atoms with Crippen molar-refractivity contribution in [1.29, 1.82) is 0 Å². The molecule has 0 radical (unpaired) electrons. The third kappa shape index (κ3) is 4.05. The molecule has 1 N–H and O–H groups in total. The molecule has 26 heavy (non-hydrogen) atoms. The lowest BCUT2D eigenvalue weighted by molar-refractivity contribution is -0.384. The molecule has 0 aliphatic carbocycles. The quantitative estimate of drug-likeness (QED) is 0.367. The zero-order chi connectivity index (χ0) is 19.4. The van der Waals surface area contributed by atoms with E-state index in [-0.39, 0.29) is 22.7 Å². The number of anilines is 1. The molecule has 2 aromatic rings. The van der Waals surface area contributed by atoms with Gasteiger partial charge in [0.1, 0.15) is 5.69 Å². The van der Waals surface area contributed by atoms with E-state index in [9.17, 15) is 19.7 Å². The number of ketones is 1. The number of hydrogen-bond donors (Lipinski definition) is 1. The van der Waals surface area contributed by atoms with Gasteiger partial charge in [0.05, 0.1) is 10.5 Å². The lowest BCUT2D eigenvalue weighted by atomic mass is 9.99. The zero-order valence-electron chi connectivity index (χ0n) is 15.0. The Morgan fingerprint density at radius 1 is 1.15 bits per heavy atom. The predicted molar refractivity (Wildman–Crippen MR) is 97.8 cm³/mol. The maximum Gasteiger partial charge on any atom is 0.339 e. The standard InChI is InChI=1S/C19H20N2O5/c1-11-5-6-12(2)15(9-11)18(22)13(3)26-19(23)14-7-8-16(20-4)17(10-14)21(24)25/h5-10,13,20H,1-4H3/t13-/m1/s1. The van der Waals surface area contributed by atoms with Crippen LogP contribution in [0.3, 0.4) is 0 Å². The molecule has 7 nitrogen and oxygen atoms in total. The van der Waals surface area contributed by atoms with E-state index in [1.165, 1.54) is 19.1 Å². The summed E-state index contributed by atoms with van der Waals surface area (Å²) in [5, 5.41) is 13.8. The first-order valence-corrected chi connectivity index (χ1v) is 8.03. The average molecular weight is 356 g/mol. The monoisotopic (exact) mass is 356 g/mol. The first-order valence-electron chi connectivity index (χ1n) is 8.03. The van der Waals surface area contributed by atoms with Crippen LogP contribution in [0.1, 0.15) is 38.8 Å². The second-order valence-corrected chi connectivity index (χ2v) is 5.97. The fourth-order valence-electron chi connectivity index (χ4n) is 2.52. The number of rotatable bonds is 6. The van der Waals surface area contributed by atoms with Gasteiger partial charge in [-0.3, -0.25) is 14.9 Å². The maximum atomic E-state index is 12.6. The largest absolute Gasteiger partial charge is 0.451 e. The molecule has 0 fully saturated rings. The van der Waals surface area contributed by atoms with Crippen LogP contribution in [0.25, 0.3) is 0 Å². The fourth-order valence-corrected chi connectivity index (χ4v) is 2.52. The number of hydrogen-bond acceptors (Lipinski definition) is 6. The van der Waals surface area contributed by atoms with E-state index >= 15 is 0 Å². The number of nitro groups is 1. The number of esters is 1. The van der Waals surface area contributed by atoms with Crippen LogP contribution in [0.2, 0.25) is 0 Å². The fraction of sp³-hybridized carbons (Fsp3) is 0.263. The lowest BCUT2D eigenvalue weighted by Crippen LogP contribution is -2.25. The Morgan fingerprint density at radius 3 is 2.46 bits per heavy atom. The molecule has 0 aliphatic rings. The SMILES string of the molecule is CNc1ccc(C(=O)O[C@H](C)C(=O)c2cc(C)ccc2C)cc1[N+](=O)[O-]. The summed E-state index contributed by atoms with van der Waals surface area (Å²) >= 11 is 0. The Morgan fingerprint density at radius 2 is 1.85 bits per heavy atom. The van der Waals surface area contributed by atoms with Gasteiger partial charge < -0.3 is 10.1 Å². The second-order valence-electron chi connectivity index (χ2n) is 5.97. The first-order chi connectivity index (χ1) is 12.2. The van der Waals surface area contributed by atoms with Crippen LogP contribution in [-0.4, -0.2) is 29.8 Å². The normalized spacial score (nSPS) is 11.5. The molecule has 2 rings (SSSR count). The first kappa shape index (κ1) is 19.1. The van der Waals surface area contributed by atoms with Gasteiger partial charge >= 0.3 is 5.97 Å².